The minimum absolute atomic E-state index is 0.0306. The molecule has 0 radical (unpaired) electrons. The number of rotatable bonds is 7. The van der Waals surface area contributed by atoms with Crippen LogP contribution in [-0.2, 0) is 23.5 Å². The molecule has 0 spiro atoms. The smallest absolute Gasteiger partial charge is 0.215 e. The Morgan fingerprint density at radius 1 is 1.21 bits per heavy atom. The Labute approximate surface area is 194 Å². The fourth-order valence-corrected chi connectivity index (χ4v) is 5.50. The lowest BCUT2D eigenvalue weighted by Gasteiger charge is -2.22. The molecule has 2 heterocycles. The van der Waals surface area contributed by atoms with E-state index in [9.17, 15) is 13.2 Å². The van der Waals surface area contributed by atoms with Gasteiger partial charge in [-0.3, -0.25) is 14.5 Å². The molecule has 8 heteroatoms. The highest BCUT2D eigenvalue weighted by Crippen LogP contribution is 2.29. The molecule has 0 saturated carbocycles. The van der Waals surface area contributed by atoms with Gasteiger partial charge >= 0.3 is 0 Å². The van der Waals surface area contributed by atoms with Crippen LogP contribution in [0.4, 0.5) is 0 Å². The second-order valence-corrected chi connectivity index (χ2v) is 11.1. The Hall–Kier alpha value is -2.84. The molecule has 1 unspecified atom stereocenters. The molecule has 33 heavy (non-hydrogen) atoms. The molecule has 7 nitrogen and oxygen atoms in total. The zero-order valence-electron chi connectivity index (χ0n) is 19.5. The maximum absolute atomic E-state index is 13.6. The zero-order chi connectivity index (χ0) is 23.8. The van der Waals surface area contributed by atoms with Gasteiger partial charge in [0.15, 0.2) is 5.43 Å². The number of sulfonamides is 1. The third-order valence-electron chi connectivity index (χ3n) is 6.12. The number of pyridine rings is 1. The second kappa shape index (κ2) is 9.19. The van der Waals surface area contributed by atoms with E-state index in [4.69, 9.17) is 0 Å². The molecule has 4 rings (SSSR count). The molecule has 1 atom stereocenters. The lowest BCUT2D eigenvalue weighted by molar-refractivity contribution is 0.550. The lowest BCUT2D eigenvalue weighted by atomic mass is 9.86. The van der Waals surface area contributed by atoms with E-state index in [1.165, 1.54) is 0 Å². The average Bonchev–Trinajstić information content (AvgIpc) is 3.13. The van der Waals surface area contributed by atoms with Gasteiger partial charge in [0, 0.05) is 48.1 Å². The van der Waals surface area contributed by atoms with Crippen molar-refractivity contribution >= 4 is 27.0 Å². The SMILES string of the molecule is CC(C)CCNS(=O)(=O)CC1=Cc2c(ccc3ncc(-c4cnn(C)c4)cc3c2=O)CC1C. The first kappa shape index (κ1) is 23.3. The first-order valence-corrected chi connectivity index (χ1v) is 12.9. The van der Waals surface area contributed by atoms with Crippen LogP contribution in [0.2, 0.25) is 0 Å². The highest BCUT2D eigenvalue weighted by atomic mass is 32.2. The molecule has 0 amide bonds. The summed E-state index contributed by atoms with van der Waals surface area (Å²) in [6.45, 7) is 6.55. The van der Waals surface area contributed by atoms with Gasteiger partial charge in [0.1, 0.15) is 0 Å². The van der Waals surface area contributed by atoms with Gasteiger partial charge in [-0.25, -0.2) is 13.1 Å². The standard InChI is InChI=1S/C25H30N4O3S/c1-16(2)7-8-28-33(31,32)15-20-11-22-18(9-17(20)3)5-6-24-23(25(22)30)10-19(12-26-24)21-13-27-29(4)14-21/h5-6,10-14,16-17,28H,7-9,15H2,1-4H3. The van der Waals surface area contributed by atoms with Gasteiger partial charge in [0.2, 0.25) is 10.0 Å². The second-order valence-electron chi connectivity index (χ2n) is 9.32. The third-order valence-corrected chi connectivity index (χ3v) is 7.48. The van der Waals surface area contributed by atoms with Crippen LogP contribution in [0.5, 0.6) is 0 Å². The lowest BCUT2D eigenvalue weighted by Crippen LogP contribution is -2.31. The fraction of sp³-hybridized carbons (Fsp3) is 0.400. The number of nitrogens with zero attached hydrogens (tertiary/aromatic N) is 3. The molecule has 1 aliphatic carbocycles. The molecular weight excluding hydrogens is 436 g/mol. The largest absolute Gasteiger partial charge is 0.289 e. The van der Waals surface area contributed by atoms with Crippen LogP contribution in [0, 0.1) is 11.8 Å². The first-order chi connectivity index (χ1) is 15.6. The topological polar surface area (TPSA) is 93.9 Å². The van der Waals surface area contributed by atoms with E-state index in [0.29, 0.717) is 35.3 Å². The zero-order valence-corrected chi connectivity index (χ0v) is 20.3. The van der Waals surface area contributed by atoms with E-state index < -0.39 is 10.0 Å². The van der Waals surface area contributed by atoms with Gasteiger partial charge in [0.05, 0.1) is 17.5 Å². The van der Waals surface area contributed by atoms with Crippen molar-refractivity contribution in [3.63, 3.8) is 0 Å². The van der Waals surface area contributed by atoms with E-state index in [2.05, 4.69) is 28.7 Å². The maximum atomic E-state index is 13.6. The molecule has 1 aromatic carbocycles. The summed E-state index contributed by atoms with van der Waals surface area (Å²) in [4.78, 5) is 18.1. The van der Waals surface area contributed by atoms with Crippen molar-refractivity contribution in [2.24, 2.45) is 18.9 Å². The van der Waals surface area contributed by atoms with Crippen molar-refractivity contribution in [2.75, 3.05) is 12.3 Å². The summed E-state index contributed by atoms with van der Waals surface area (Å²) < 4.78 is 29.7. The number of hydrogen-bond acceptors (Lipinski definition) is 5. The predicted molar refractivity (Wildman–Crippen MR) is 132 cm³/mol. The summed E-state index contributed by atoms with van der Waals surface area (Å²) in [5.74, 6) is 0.359. The van der Waals surface area contributed by atoms with Crippen LogP contribution in [0.1, 0.15) is 38.3 Å². The average molecular weight is 467 g/mol. The number of aryl methyl sites for hydroxylation is 1. The van der Waals surface area contributed by atoms with E-state index in [-0.39, 0.29) is 17.1 Å². The summed E-state index contributed by atoms with van der Waals surface area (Å²) in [7, 11) is -1.63. The molecule has 0 fully saturated rings. The molecule has 0 saturated heterocycles. The van der Waals surface area contributed by atoms with Gasteiger partial charge in [-0.1, -0.05) is 32.9 Å². The quantitative estimate of drug-likeness (QED) is 0.575. The van der Waals surface area contributed by atoms with Crippen LogP contribution in [-0.4, -0.2) is 35.5 Å². The molecule has 1 aliphatic rings. The van der Waals surface area contributed by atoms with E-state index >= 15 is 0 Å². The Kier molecular flexibility index (Phi) is 6.50. The number of nitrogens with one attached hydrogen (secondary N) is 1. The number of hydrogen-bond donors (Lipinski definition) is 1. The predicted octanol–water partition coefficient (Wildman–Crippen LogP) is 3.54. The summed E-state index contributed by atoms with van der Waals surface area (Å²) in [6, 6.07) is 5.66. The van der Waals surface area contributed by atoms with Crippen LogP contribution in [0.3, 0.4) is 0 Å². The summed E-state index contributed by atoms with van der Waals surface area (Å²) in [6.07, 6.45) is 8.55. The van der Waals surface area contributed by atoms with Crippen molar-refractivity contribution in [1.82, 2.24) is 19.5 Å². The number of fused-ring (bicyclic) bond motifs is 2. The van der Waals surface area contributed by atoms with Crippen molar-refractivity contribution < 1.29 is 8.42 Å². The van der Waals surface area contributed by atoms with Gasteiger partial charge < -0.3 is 0 Å². The minimum Gasteiger partial charge on any atom is -0.289 e. The van der Waals surface area contributed by atoms with Crippen molar-refractivity contribution in [3.05, 3.63) is 63.7 Å². The molecular formula is C25H30N4O3S. The van der Waals surface area contributed by atoms with Gasteiger partial charge in [0.25, 0.3) is 0 Å². The molecule has 0 bridgehead atoms. The van der Waals surface area contributed by atoms with E-state index in [1.54, 1.807) is 23.2 Å². The maximum Gasteiger partial charge on any atom is 0.215 e. The molecule has 1 N–H and O–H groups in total. The van der Waals surface area contributed by atoms with Gasteiger partial charge in [-0.2, -0.15) is 5.10 Å². The summed E-state index contributed by atoms with van der Waals surface area (Å²) >= 11 is 0. The summed E-state index contributed by atoms with van der Waals surface area (Å²) in [5, 5.41) is 4.71. The highest BCUT2D eigenvalue weighted by Gasteiger charge is 2.24. The van der Waals surface area contributed by atoms with Crippen LogP contribution < -0.4 is 10.2 Å². The van der Waals surface area contributed by atoms with Crippen LogP contribution >= 0.6 is 0 Å². The molecule has 174 valence electrons. The Bertz CT molecular complexity index is 1390. The minimum atomic E-state index is -3.47. The third kappa shape index (κ3) is 5.23. The van der Waals surface area contributed by atoms with Gasteiger partial charge in [-0.15, -0.1) is 0 Å². The Balaban J connectivity index is 1.74. The molecule has 2 aromatic heterocycles. The molecule has 3 aromatic rings. The normalized spacial score (nSPS) is 16.2. The van der Waals surface area contributed by atoms with Crippen molar-refractivity contribution in [2.45, 2.75) is 33.6 Å². The summed E-state index contributed by atoms with van der Waals surface area (Å²) in [5.41, 5.74) is 4.42. The van der Waals surface area contributed by atoms with E-state index in [0.717, 1.165) is 28.7 Å². The van der Waals surface area contributed by atoms with Gasteiger partial charge in [-0.05, 0) is 47.9 Å². The number of aromatic nitrogens is 3. The fourth-order valence-electron chi connectivity index (χ4n) is 4.16. The first-order valence-electron chi connectivity index (χ1n) is 11.3. The highest BCUT2D eigenvalue weighted by molar-refractivity contribution is 7.89. The van der Waals surface area contributed by atoms with Crippen molar-refractivity contribution in [3.8, 4) is 11.1 Å². The molecule has 0 aliphatic heterocycles. The Morgan fingerprint density at radius 3 is 2.70 bits per heavy atom. The monoisotopic (exact) mass is 466 g/mol. The Morgan fingerprint density at radius 2 is 2.00 bits per heavy atom. The van der Waals surface area contributed by atoms with Crippen LogP contribution in [0.15, 0.2) is 47.2 Å². The van der Waals surface area contributed by atoms with Crippen LogP contribution in [0.25, 0.3) is 28.1 Å². The van der Waals surface area contributed by atoms with E-state index in [1.807, 2.05) is 38.4 Å². The van der Waals surface area contributed by atoms with Crippen molar-refractivity contribution in [1.29, 1.82) is 0 Å².